The molecule has 0 aliphatic carbocycles. The van der Waals surface area contributed by atoms with Crippen LogP contribution in [-0.2, 0) is 17.8 Å². The highest BCUT2D eigenvalue weighted by molar-refractivity contribution is 5.81. The summed E-state index contributed by atoms with van der Waals surface area (Å²) in [6, 6.07) is 11.4. The van der Waals surface area contributed by atoms with Crippen molar-refractivity contribution >= 4 is 5.91 Å². The fraction of sp³-hybridized carbons (Fsp3) is 0.333. The first-order valence-corrected chi connectivity index (χ1v) is 6.80. The fourth-order valence-electron chi connectivity index (χ4n) is 1.96. The molecule has 0 spiro atoms. The zero-order valence-corrected chi connectivity index (χ0v) is 11.4. The van der Waals surface area contributed by atoms with E-state index in [1.165, 1.54) is 5.56 Å². The third-order valence-corrected chi connectivity index (χ3v) is 3.12. The van der Waals surface area contributed by atoms with Gasteiger partial charge in [-0.05, 0) is 24.5 Å². The van der Waals surface area contributed by atoms with Crippen molar-refractivity contribution in [1.82, 2.24) is 15.1 Å². The Balaban J connectivity index is 1.66. The molecule has 0 saturated heterocycles. The zero-order chi connectivity index (χ0) is 14.2. The monoisotopic (exact) mass is 272 g/mol. The number of benzene rings is 1. The minimum absolute atomic E-state index is 0.104. The molecule has 0 aliphatic rings. The van der Waals surface area contributed by atoms with Gasteiger partial charge in [-0.25, -0.2) is 0 Å². The third-order valence-electron chi connectivity index (χ3n) is 3.12. The summed E-state index contributed by atoms with van der Waals surface area (Å²) in [4.78, 5) is 11.8. The Labute approximate surface area is 118 Å². The van der Waals surface area contributed by atoms with Crippen LogP contribution in [0.4, 0.5) is 0 Å². The van der Waals surface area contributed by atoms with Crippen LogP contribution >= 0.6 is 0 Å². The molecule has 5 nitrogen and oxygen atoms in total. The SMILES string of the molecule is N[C@@H](CCc1ccccc1)C(=O)NCCn1cccn1. The highest BCUT2D eigenvalue weighted by Gasteiger charge is 2.12. The van der Waals surface area contributed by atoms with Crippen LogP contribution in [0.25, 0.3) is 0 Å². The summed E-state index contributed by atoms with van der Waals surface area (Å²) in [6.45, 7) is 1.20. The number of amides is 1. The molecule has 1 heterocycles. The van der Waals surface area contributed by atoms with Crippen LogP contribution in [0.2, 0.25) is 0 Å². The van der Waals surface area contributed by atoms with Gasteiger partial charge in [0.15, 0.2) is 0 Å². The molecule has 0 radical (unpaired) electrons. The van der Waals surface area contributed by atoms with Gasteiger partial charge in [-0.3, -0.25) is 9.48 Å². The van der Waals surface area contributed by atoms with Gasteiger partial charge in [0.1, 0.15) is 0 Å². The average Bonchev–Trinajstić information content (AvgIpc) is 2.99. The van der Waals surface area contributed by atoms with Crippen molar-refractivity contribution in [2.45, 2.75) is 25.4 Å². The van der Waals surface area contributed by atoms with E-state index in [1.54, 1.807) is 10.9 Å². The van der Waals surface area contributed by atoms with Crippen LogP contribution in [0.5, 0.6) is 0 Å². The second kappa shape index (κ2) is 7.45. The largest absolute Gasteiger partial charge is 0.353 e. The van der Waals surface area contributed by atoms with Crippen LogP contribution in [0, 0.1) is 0 Å². The van der Waals surface area contributed by atoms with Crippen LogP contribution in [0.1, 0.15) is 12.0 Å². The summed E-state index contributed by atoms with van der Waals surface area (Å²) in [6.07, 6.45) is 5.04. The number of carbonyl (C=O) groups excluding carboxylic acids is 1. The molecule has 1 atom stereocenters. The number of nitrogens with two attached hydrogens (primary N) is 1. The predicted molar refractivity (Wildman–Crippen MR) is 78.0 cm³/mol. The lowest BCUT2D eigenvalue weighted by Gasteiger charge is -2.12. The van der Waals surface area contributed by atoms with E-state index in [-0.39, 0.29) is 5.91 Å². The first-order chi connectivity index (χ1) is 9.75. The van der Waals surface area contributed by atoms with Crippen molar-refractivity contribution < 1.29 is 4.79 Å². The summed E-state index contributed by atoms with van der Waals surface area (Å²) < 4.78 is 1.77. The highest BCUT2D eigenvalue weighted by Crippen LogP contribution is 2.03. The van der Waals surface area contributed by atoms with Gasteiger partial charge >= 0.3 is 0 Å². The van der Waals surface area contributed by atoms with Crippen molar-refractivity contribution in [2.24, 2.45) is 5.73 Å². The number of nitrogens with zero attached hydrogens (tertiary/aromatic N) is 2. The summed E-state index contributed by atoms with van der Waals surface area (Å²) in [5.41, 5.74) is 7.09. The average molecular weight is 272 g/mol. The molecule has 0 unspecified atom stereocenters. The molecular weight excluding hydrogens is 252 g/mol. The molecule has 1 aromatic heterocycles. The number of hydrogen-bond acceptors (Lipinski definition) is 3. The molecule has 2 rings (SSSR count). The number of hydrogen-bond donors (Lipinski definition) is 2. The molecule has 0 bridgehead atoms. The van der Waals surface area contributed by atoms with E-state index in [4.69, 9.17) is 5.73 Å². The molecular formula is C15H20N4O. The van der Waals surface area contributed by atoms with Gasteiger partial charge in [0.05, 0.1) is 12.6 Å². The lowest BCUT2D eigenvalue weighted by atomic mass is 10.1. The molecule has 1 amide bonds. The van der Waals surface area contributed by atoms with Crippen LogP contribution in [0.15, 0.2) is 48.8 Å². The maximum Gasteiger partial charge on any atom is 0.236 e. The smallest absolute Gasteiger partial charge is 0.236 e. The number of aryl methyl sites for hydroxylation is 1. The fourth-order valence-corrected chi connectivity index (χ4v) is 1.96. The van der Waals surface area contributed by atoms with Gasteiger partial charge in [0.2, 0.25) is 5.91 Å². The van der Waals surface area contributed by atoms with Crippen LogP contribution in [0.3, 0.4) is 0 Å². The summed E-state index contributed by atoms with van der Waals surface area (Å²) in [5.74, 6) is -0.104. The van der Waals surface area contributed by atoms with E-state index in [0.717, 1.165) is 6.42 Å². The first-order valence-electron chi connectivity index (χ1n) is 6.80. The van der Waals surface area contributed by atoms with Crippen molar-refractivity contribution in [1.29, 1.82) is 0 Å². The highest BCUT2D eigenvalue weighted by atomic mass is 16.2. The molecule has 1 aromatic carbocycles. The number of aromatic nitrogens is 2. The Morgan fingerprint density at radius 1 is 1.30 bits per heavy atom. The maximum absolute atomic E-state index is 11.8. The maximum atomic E-state index is 11.8. The van der Waals surface area contributed by atoms with Crippen molar-refractivity contribution in [3.05, 3.63) is 54.4 Å². The van der Waals surface area contributed by atoms with Gasteiger partial charge in [0, 0.05) is 18.9 Å². The van der Waals surface area contributed by atoms with Gasteiger partial charge in [0.25, 0.3) is 0 Å². The Morgan fingerprint density at radius 3 is 2.80 bits per heavy atom. The second-order valence-corrected chi connectivity index (χ2v) is 4.69. The third kappa shape index (κ3) is 4.51. The Morgan fingerprint density at radius 2 is 2.10 bits per heavy atom. The lowest BCUT2D eigenvalue weighted by molar-refractivity contribution is -0.122. The first kappa shape index (κ1) is 14.3. The Bertz CT molecular complexity index is 510. The van der Waals surface area contributed by atoms with E-state index >= 15 is 0 Å². The molecule has 106 valence electrons. The predicted octanol–water partition coefficient (Wildman–Crippen LogP) is 0.959. The summed E-state index contributed by atoms with van der Waals surface area (Å²) in [5, 5.41) is 6.90. The molecule has 0 fully saturated rings. The minimum atomic E-state index is -0.465. The molecule has 0 saturated carbocycles. The van der Waals surface area contributed by atoms with E-state index in [2.05, 4.69) is 10.4 Å². The standard InChI is InChI=1S/C15H20N4O/c16-14(8-7-13-5-2-1-3-6-13)15(20)17-10-12-19-11-4-9-18-19/h1-6,9,11,14H,7-8,10,12,16H2,(H,17,20)/t14-/m0/s1. The van der Waals surface area contributed by atoms with Gasteiger partial charge in [-0.2, -0.15) is 5.10 Å². The molecule has 3 N–H and O–H groups in total. The van der Waals surface area contributed by atoms with E-state index in [9.17, 15) is 4.79 Å². The van der Waals surface area contributed by atoms with Gasteiger partial charge < -0.3 is 11.1 Å². The molecule has 20 heavy (non-hydrogen) atoms. The van der Waals surface area contributed by atoms with Gasteiger partial charge in [-0.1, -0.05) is 30.3 Å². The summed E-state index contributed by atoms with van der Waals surface area (Å²) >= 11 is 0. The molecule has 0 aliphatic heterocycles. The zero-order valence-electron chi connectivity index (χ0n) is 11.4. The number of carbonyl (C=O) groups is 1. The van der Waals surface area contributed by atoms with E-state index in [0.29, 0.717) is 19.5 Å². The number of nitrogens with one attached hydrogen (secondary N) is 1. The van der Waals surface area contributed by atoms with Crippen molar-refractivity contribution in [3.8, 4) is 0 Å². The van der Waals surface area contributed by atoms with Crippen LogP contribution in [-0.4, -0.2) is 28.3 Å². The minimum Gasteiger partial charge on any atom is -0.353 e. The van der Waals surface area contributed by atoms with Crippen molar-refractivity contribution in [3.63, 3.8) is 0 Å². The van der Waals surface area contributed by atoms with E-state index < -0.39 is 6.04 Å². The lowest BCUT2D eigenvalue weighted by Crippen LogP contribution is -2.42. The Kier molecular flexibility index (Phi) is 5.32. The normalized spacial score (nSPS) is 12.1. The Hall–Kier alpha value is -2.14. The quantitative estimate of drug-likeness (QED) is 0.788. The molecule has 5 heteroatoms. The van der Waals surface area contributed by atoms with E-state index in [1.807, 2.05) is 42.6 Å². The summed E-state index contributed by atoms with van der Waals surface area (Å²) in [7, 11) is 0. The topological polar surface area (TPSA) is 72.9 Å². The second-order valence-electron chi connectivity index (χ2n) is 4.69. The van der Waals surface area contributed by atoms with Crippen LogP contribution < -0.4 is 11.1 Å². The van der Waals surface area contributed by atoms with Gasteiger partial charge in [-0.15, -0.1) is 0 Å². The molecule has 2 aromatic rings. The number of rotatable bonds is 7. The van der Waals surface area contributed by atoms with Crippen molar-refractivity contribution in [2.75, 3.05) is 6.54 Å².